The van der Waals surface area contributed by atoms with Crippen LogP contribution in [0.3, 0.4) is 0 Å². The van der Waals surface area contributed by atoms with E-state index < -0.39 is 5.97 Å². The van der Waals surface area contributed by atoms with E-state index in [0.717, 1.165) is 66.9 Å². The van der Waals surface area contributed by atoms with Crippen molar-refractivity contribution in [2.45, 2.75) is 36.6 Å². The van der Waals surface area contributed by atoms with Crippen LogP contribution in [0.15, 0.2) is 59.6 Å². The minimum absolute atomic E-state index is 0.120. The van der Waals surface area contributed by atoms with Gasteiger partial charge in [-0.05, 0) is 73.5 Å². The molecule has 1 aliphatic rings. The number of methoxy groups -OCH3 is 1. The van der Waals surface area contributed by atoms with Gasteiger partial charge >= 0.3 is 5.97 Å². The van der Waals surface area contributed by atoms with Gasteiger partial charge in [0.25, 0.3) is 0 Å². The maximum atomic E-state index is 11.6. The van der Waals surface area contributed by atoms with Crippen LogP contribution < -0.4 is 10.5 Å². The first-order valence-electron chi connectivity index (χ1n) is 12.4. The molecule has 6 nitrogen and oxygen atoms in total. The largest absolute Gasteiger partial charge is 0.497 e. The predicted molar refractivity (Wildman–Crippen MR) is 147 cm³/mol. The second kappa shape index (κ2) is 12.8. The highest BCUT2D eigenvalue weighted by atomic mass is 35.5. The number of thioether (sulfide) groups is 1. The van der Waals surface area contributed by atoms with Crippen LogP contribution >= 0.6 is 23.4 Å². The van der Waals surface area contributed by atoms with Gasteiger partial charge in [0.05, 0.1) is 17.6 Å². The molecule has 0 aliphatic carbocycles. The highest BCUT2D eigenvalue weighted by molar-refractivity contribution is 7.99. The van der Waals surface area contributed by atoms with Gasteiger partial charge in [-0.2, -0.15) is 0 Å². The zero-order chi connectivity index (χ0) is 25.5. The highest BCUT2D eigenvalue weighted by Gasteiger charge is 2.31. The van der Waals surface area contributed by atoms with Crippen LogP contribution in [0.4, 0.5) is 0 Å². The van der Waals surface area contributed by atoms with Crippen molar-refractivity contribution in [1.29, 1.82) is 0 Å². The monoisotopic (exact) mass is 527 g/mol. The summed E-state index contributed by atoms with van der Waals surface area (Å²) in [4.78, 5) is 19.8. The Morgan fingerprint density at radius 3 is 2.83 bits per heavy atom. The Bertz CT molecular complexity index is 1160. The van der Waals surface area contributed by atoms with Crippen molar-refractivity contribution in [1.82, 2.24) is 9.88 Å². The third-order valence-electron chi connectivity index (χ3n) is 7.12. The third-order valence-corrected chi connectivity index (χ3v) is 8.41. The van der Waals surface area contributed by atoms with Crippen LogP contribution in [0.1, 0.15) is 37.3 Å². The molecule has 0 bridgehead atoms. The number of aliphatic carboxylic acids is 1. The van der Waals surface area contributed by atoms with Gasteiger partial charge in [0.2, 0.25) is 0 Å². The standard InChI is InChI=1S/C28H34ClN3O3S/c1-35-21-8-10-26-23(16-21)28(24(29)17-31-26)25(30)9-7-19-11-12-32(18-20(19)15-27(33)34)13-14-36-22-5-3-2-4-6-22/h2-6,8,10,16-17,19-20,25H,7,9,11-15,18,30H2,1H3,(H,33,34). The van der Waals surface area contributed by atoms with Crippen molar-refractivity contribution in [3.63, 3.8) is 0 Å². The van der Waals surface area contributed by atoms with E-state index >= 15 is 0 Å². The SMILES string of the molecule is COc1ccc2ncc(Cl)c(C(N)CCC3CCN(CCSc4ccccc4)CC3CC(=O)O)c2c1. The number of carbonyl (C=O) groups is 1. The Balaban J connectivity index is 1.38. The van der Waals surface area contributed by atoms with Crippen LogP contribution in [-0.2, 0) is 4.79 Å². The lowest BCUT2D eigenvalue weighted by atomic mass is 9.79. The number of benzene rings is 2. The first-order chi connectivity index (χ1) is 17.4. The van der Waals surface area contributed by atoms with Crippen molar-refractivity contribution in [2.75, 3.05) is 32.5 Å². The molecule has 1 aliphatic heterocycles. The number of nitrogens with zero attached hydrogens (tertiary/aromatic N) is 2. The first kappa shape index (κ1) is 26.7. The maximum Gasteiger partial charge on any atom is 0.303 e. The number of hydrogen-bond donors (Lipinski definition) is 2. The van der Waals surface area contributed by atoms with Gasteiger partial charge in [-0.25, -0.2) is 0 Å². The summed E-state index contributed by atoms with van der Waals surface area (Å²) in [6.07, 6.45) is 4.44. The molecule has 1 fully saturated rings. The highest BCUT2D eigenvalue weighted by Crippen LogP contribution is 2.36. The van der Waals surface area contributed by atoms with E-state index in [1.165, 1.54) is 4.90 Å². The summed E-state index contributed by atoms with van der Waals surface area (Å²) in [5, 5.41) is 11.0. The minimum atomic E-state index is -0.731. The minimum Gasteiger partial charge on any atom is -0.497 e. The number of halogens is 1. The molecule has 3 N–H and O–H groups in total. The summed E-state index contributed by atoms with van der Waals surface area (Å²) in [6, 6.07) is 15.8. The molecule has 0 spiro atoms. The first-order valence-corrected chi connectivity index (χ1v) is 13.8. The summed E-state index contributed by atoms with van der Waals surface area (Å²) >= 11 is 8.40. The van der Waals surface area contributed by atoms with Gasteiger partial charge in [-0.15, -0.1) is 11.8 Å². The van der Waals surface area contributed by atoms with Crippen molar-refractivity contribution in [2.24, 2.45) is 17.6 Å². The lowest BCUT2D eigenvalue weighted by molar-refractivity contribution is -0.139. The average molecular weight is 528 g/mol. The molecule has 0 amide bonds. The Morgan fingerprint density at radius 1 is 1.28 bits per heavy atom. The number of hydrogen-bond acceptors (Lipinski definition) is 6. The zero-order valence-corrected chi connectivity index (χ0v) is 22.2. The fourth-order valence-electron chi connectivity index (χ4n) is 5.21. The normalized spacial score (nSPS) is 19.3. The Kier molecular flexibility index (Phi) is 9.48. The van der Waals surface area contributed by atoms with Crippen LogP contribution in [0.2, 0.25) is 5.02 Å². The molecule has 2 aromatic carbocycles. The lowest BCUT2D eigenvalue weighted by Gasteiger charge is -2.38. The van der Waals surface area contributed by atoms with E-state index in [4.69, 9.17) is 22.1 Å². The number of piperidine rings is 1. The molecule has 2 heterocycles. The van der Waals surface area contributed by atoms with Gasteiger partial charge in [-0.1, -0.05) is 29.8 Å². The van der Waals surface area contributed by atoms with Gasteiger partial charge in [0, 0.05) is 47.8 Å². The van der Waals surface area contributed by atoms with Crippen molar-refractivity contribution < 1.29 is 14.6 Å². The molecule has 0 radical (unpaired) electrons. The second-order valence-corrected chi connectivity index (χ2v) is 11.0. The van der Waals surface area contributed by atoms with E-state index in [9.17, 15) is 9.90 Å². The molecule has 36 heavy (non-hydrogen) atoms. The van der Waals surface area contributed by atoms with Crippen molar-refractivity contribution in [3.05, 3.63) is 65.3 Å². The van der Waals surface area contributed by atoms with Crippen molar-refractivity contribution in [3.8, 4) is 5.75 Å². The summed E-state index contributed by atoms with van der Waals surface area (Å²) in [7, 11) is 1.63. The molecular weight excluding hydrogens is 494 g/mol. The molecular formula is C28H34ClN3O3S. The molecule has 1 saturated heterocycles. The smallest absolute Gasteiger partial charge is 0.303 e. The fourth-order valence-corrected chi connectivity index (χ4v) is 6.44. The van der Waals surface area contributed by atoms with E-state index in [2.05, 4.69) is 34.1 Å². The Labute approximate surface area is 222 Å². The Morgan fingerprint density at radius 2 is 2.08 bits per heavy atom. The van der Waals surface area contributed by atoms with Crippen LogP contribution in [0.5, 0.6) is 5.75 Å². The third kappa shape index (κ3) is 6.91. The molecule has 4 rings (SSSR count). The molecule has 3 atom stereocenters. The van der Waals surface area contributed by atoms with Crippen LogP contribution in [0.25, 0.3) is 10.9 Å². The summed E-state index contributed by atoms with van der Waals surface area (Å²) < 4.78 is 5.39. The lowest BCUT2D eigenvalue weighted by Crippen LogP contribution is -2.42. The summed E-state index contributed by atoms with van der Waals surface area (Å²) in [5.41, 5.74) is 8.39. The van der Waals surface area contributed by atoms with E-state index in [-0.39, 0.29) is 18.4 Å². The fraction of sp³-hybridized carbons (Fsp3) is 0.429. The van der Waals surface area contributed by atoms with E-state index in [0.29, 0.717) is 10.9 Å². The van der Waals surface area contributed by atoms with Gasteiger partial charge in [0.15, 0.2) is 0 Å². The number of carboxylic acids is 1. The maximum absolute atomic E-state index is 11.6. The molecule has 3 aromatic rings. The quantitative estimate of drug-likeness (QED) is 0.301. The van der Waals surface area contributed by atoms with Gasteiger partial charge in [-0.3, -0.25) is 9.78 Å². The molecule has 1 aromatic heterocycles. The Hall–Kier alpha value is -2.32. The van der Waals surface area contributed by atoms with Gasteiger partial charge in [0.1, 0.15) is 5.75 Å². The number of carboxylic acid groups (broad SMARTS) is 1. The number of fused-ring (bicyclic) bond motifs is 1. The number of rotatable bonds is 11. The molecule has 192 valence electrons. The average Bonchev–Trinajstić information content (AvgIpc) is 2.88. The van der Waals surface area contributed by atoms with E-state index in [1.807, 2.05) is 36.0 Å². The number of pyridine rings is 1. The van der Waals surface area contributed by atoms with E-state index in [1.54, 1.807) is 13.3 Å². The topological polar surface area (TPSA) is 88.7 Å². The number of nitrogens with two attached hydrogens (primary N) is 1. The van der Waals surface area contributed by atoms with Crippen LogP contribution in [0, 0.1) is 11.8 Å². The number of aromatic nitrogens is 1. The second-order valence-electron chi connectivity index (χ2n) is 9.46. The summed E-state index contributed by atoms with van der Waals surface area (Å²) in [6.45, 7) is 2.77. The summed E-state index contributed by atoms with van der Waals surface area (Å²) in [5.74, 6) is 1.45. The number of likely N-dealkylation sites (tertiary alicyclic amines) is 1. The predicted octanol–water partition coefficient (Wildman–Crippen LogP) is 5.88. The van der Waals surface area contributed by atoms with Crippen molar-refractivity contribution >= 4 is 40.2 Å². The molecule has 8 heteroatoms. The number of ether oxygens (including phenoxy) is 1. The van der Waals surface area contributed by atoms with Gasteiger partial charge < -0.3 is 20.5 Å². The molecule has 0 saturated carbocycles. The molecule has 3 unspecified atom stereocenters. The zero-order valence-electron chi connectivity index (χ0n) is 20.6. The van der Waals surface area contributed by atoms with Crippen LogP contribution in [-0.4, -0.2) is 53.5 Å².